The van der Waals surface area contributed by atoms with Crippen molar-refractivity contribution in [2.75, 3.05) is 20.1 Å². The zero-order valence-corrected chi connectivity index (χ0v) is 12.3. The van der Waals surface area contributed by atoms with E-state index >= 15 is 0 Å². The number of nitrogens with zero attached hydrogens (tertiary/aromatic N) is 2. The number of rotatable bonds is 6. The van der Waals surface area contributed by atoms with E-state index in [9.17, 15) is 8.78 Å². The summed E-state index contributed by atoms with van der Waals surface area (Å²) in [6.07, 6.45) is 5.08. The number of halogens is 2. The lowest BCUT2D eigenvalue weighted by Crippen LogP contribution is -2.35. The molecule has 0 aromatic heterocycles. The van der Waals surface area contributed by atoms with Crippen LogP contribution < -0.4 is 5.32 Å². The monoisotopic (exact) mass is 293 g/mol. The fourth-order valence-electron chi connectivity index (χ4n) is 2.83. The summed E-state index contributed by atoms with van der Waals surface area (Å²) in [6.45, 7) is 1.69. The molecule has 0 atom stereocenters. The Balaban J connectivity index is 1.79. The van der Waals surface area contributed by atoms with Gasteiger partial charge in [0.05, 0.1) is 11.6 Å². The molecule has 3 nitrogen and oxygen atoms in total. The van der Waals surface area contributed by atoms with E-state index in [1.807, 2.05) is 0 Å². The first-order valence-electron chi connectivity index (χ1n) is 7.41. The minimum atomic E-state index is -0.664. The molecule has 21 heavy (non-hydrogen) atoms. The summed E-state index contributed by atoms with van der Waals surface area (Å²) in [5.41, 5.74) is 0.00670. The SMILES string of the molecule is CN(CCNCc1c(F)cc(C#N)cc1F)C1CCCC1. The number of likely N-dealkylation sites (N-methyl/N-ethyl adjacent to an activating group) is 1. The number of hydrogen-bond acceptors (Lipinski definition) is 3. The molecule has 0 aliphatic heterocycles. The third kappa shape index (κ3) is 4.23. The molecule has 2 rings (SSSR count). The molecule has 0 bridgehead atoms. The molecule has 1 saturated carbocycles. The number of benzene rings is 1. The average Bonchev–Trinajstić information content (AvgIpc) is 2.99. The Kier molecular flexibility index (Phi) is 5.66. The highest BCUT2D eigenvalue weighted by molar-refractivity contribution is 5.34. The normalized spacial score (nSPS) is 15.6. The standard InChI is InChI=1S/C16H21F2N3/c1-21(13-4-2-3-5-13)7-6-20-11-14-15(17)8-12(10-19)9-16(14)18/h8-9,13,20H,2-7,11H2,1H3. The van der Waals surface area contributed by atoms with E-state index in [1.54, 1.807) is 6.07 Å². The second-order valence-corrected chi connectivity index (χ2v) is 5.63. The van der Waals surface area contributed by atoms with E-state index in [1.165, 1.54) is 25.7 Å². The molecule has 0 saturated heterocycles. The van der Waals surface area contributed by atoms with E-state index in [4.69, 9.17) is 5.26 Å². The molecule has 0 heterocycles. The van der Waals surface area contributed by atoms with Gasteiger partial charge in [0, 0.05) is 31.2 Å². The molecule has 1 aliphatic carbocycles. The van der Waals surface area contributed by atoms with Gasteiger partial charge in [-0.25, -0.2) is 8.78 Å². The van der Waals surface area contributed by atoms with Crippen LogP contribution in [0, 0.1) is 23.0 Å². The van der Waals surface area contributed by atoms with Crippen molar-refractivity contribution < 1.29 is 8.78 Å². The Hall–Kier alpha value is -1.51. The van der Waals surface area contributed by atoms with Crippen LogP contribution in [0.3, 0.4) is 0 Å². The zero-order valence-electron chi connectivity index (χ0n) is 12.3. The molecule has 0 radical (unpaired) electrons. The van der Waals surface area contributed by atoms with Crippen LogP contribution in [0.5, 0.6) is 0 Å². The predicted molar refractivity (Wildman–Crippen MR) is 77.7 cm³/mol. The minimum absolute atomic E-state index is 0.00230. The molecule has 1 aliphatic rings. The van der Waals surface area contributed by atoms with Gasteiger partial charge in [0.25, 0.3) is 0 Å². The Morgan fingerprint density at radius 1 is 1.29 bits per heavy atom. The van der Waals surface area contributed by atoms with Gasteiger partial charge in [0.15, 0.2) is 0 Å². The van der Waals surface area contributed by atoms with Crippen LogP contribution in [-0.2, 0) is 6.54 Å². The van der Waals surface area contributed by atoms with Crippen molar-refractivity contribution in [3.05, 3.63) is 34.9 Å². The predicted octanol–water partition coefficient (Wildman–Crippen LogP) is 2.80. The summed E-state index contributed by atoms with van der Waals surface area (Å²) >= 11 is 0. The first kappa shape index (κ1) is 15.9. The third-order valence-electron chi connectivity index (χ3n) is 4.16. The van der Waals surface area contributed by atoms with E-state index in [0.717, 1.165) is 18.7 Å². The van der Waals surface area contributed by atoms with E-state index in [0.29, 0.717) is 12.6 Å². The van der Waals surface area contributed by atoms with Crippen molar-refractivity contribution in [1.82, 2.24) is 10.2 Å². The lowest BCUT2D eigenvalue weighted by molar-refractivity contribution is 0.245. The molecule has 0 spiro atoms. The first-order chi connectivity index (χ1) is 10.1. The summed E-state index contributed by atoms with van der Waals surface area (Å²) in [6, 6.07) is 4.54. The average molecular weight is 293 g/mol. The summed E-state index contributed by atoms with van der Waals surface area (Å²) in [4.78, 5) is 2.31. The van der Waals surface area contributed by atoms with Crippen LogP contribution in [0.1, 0.15) is 36.8 Å². The Bertz CT molecular complexity index is 496. The minimum Gasteiger partial charge on any atom is -0.311 e. The van der Waals surface area contributed by atoms with Crippen LogP contribution in [0.15, 0.2) is 12.1 Å². The van der Waals surface area contributed by atoms with Gasteiger partial charge in [-0.1, -0.05) is 12.8 Å². The van der Waals surface area contributed by atoms with Gasteiger partial charge in [-0.05, 0) is 32.0 Å². The molecule has 1 aromatic carbocycles. The fraction of sp³-hybridized carbons (Fsp3) is 0.562. The van der Waals surface area contributed by atoms with Gasteiger partial charge >= 0.3 is 0 Å². The third-order valence-corrected chi connectivity index (χ3v) is 4.16. The molecule has 5 heteroatoms. The maximum absolute atomic E-state index is 13.7. The van der Waals surface area contributed by atoms with Crippen LogP contribution in [0.25, 0.3) is 0 Å². The van der Waals surface area contributed by atoms with Crippen molar-refractivity contribution in [2.45, 2.75) is 38.3 Å². The topological polar surface area (TPSA) is 39.1 Å². The Morgan fingerprint density at radius 3 is 2.48 bits per heavy atom. The molecule has 1 aromatic rings. The molecular formula is C16H21F2N3. The summed E-state index contributed by atoms with van der Waals surface area (Å²) in [5.74, 6) is -1.33. The summed E-state index contributed by atoms with van der Waals surface area (Å²) in [7, 11) is 2.10. The Labute approximate surface area is 124 Å². The van der Waals surface area contributed by atoms with Crippen molar-refractivity contribution in [3.63, 3.8) is 0 Å². The van der Waals surface area contributed by atoms with Crippen molar-refractivity contribution in [3.8, 4) is 6.07 Å². The molecule has 1 N–H and O–H groups in total. The highest BCUT2D eigenvalue weighted by atomic mass is 19.1. The van der Waals surface area contributed by atoms with Crippen LogP contribution in [0.4, 0.5) is 8.78 Å². The summed E-state index contributed by atoms with van der Waals surface area (Å²) < 4.78 is 27.4. The van der Waals surface area contributed by atoms with Crippen molar-refractivity contribution >= 4 is 0 Å². The van der Waals surface area contributed by atoms with Gasteiger partial charge in [-0.3, -0.25) is 0 Å². The smallest absolute Gasteiger partial charge is 0.131 e. The van der Waals surface area contributed by atoms with Gasteiger partial charge in [0.2, 0.25) is 0 Å². The maximum atomic E-state index is 13.7. The zero-order chi connectivity index (χ0) is 15.2. The highest BCUT2D eigenvalue weighted by Crippen LogP contribution is 2.21. The quantitative estimate of drug-likeness (QED) is 0.820. The van der Waals surface area contributed by atoms with Crippen LogP contribution in [0.2, 0.25) is 0 Å². The molecular weight excluding hydrogens is 272 g/mol. The largest absolute Gasteiger partial charge is 0.311 e. The number of nitrogens with one attached hydrogen (secondary N) is 1. The van der Waals surface area contributed by atoms with E-state index in [-0.39, 0.29) is 17.7 Å². The van der Waals surface area contributed by atoms with Crippen molar-refractivity contribution in [1.29, 1.82) is 5.26 Å². The number of hydrogen-bond donors (Lipinski definition) is 1. The second-order valence-electron chi connectivity index (χ2n) is 5.63. The lowest BCUT2D eigenvalue weighted by Gasteiger charge is -2.24. The highest BCUT2D eigenvalue weighted by Gasteiger charge is 2.18. The van der Waals surface area contributed by atoms with E-state index in [2.05, 4.69) is 17.3 Å². The number of nitriles is 1. The first-order valence-corrected chi connectivity index (χ1v) is 7.41. The molecule has 1 fully saturated rings. The van der Waals surface area contributed by atoms with Gasteiger partial charge in [-0.2, -0.15) is 5.26 Å². The van der Waals surface area contributed by atoms with E-state index < -0.39 is 11.6 Å². The second kappa shape index (κ2) is 7.48. The summed E-state index contributed by atoms with van der Waals surface area (Å²) in [5, 5.41) is 11.7. The van der Waals surface area contributed by atoms with Crippen LogP contribution in [-0.4, -0.2) is 31.1 Å². The lowest BCUT2D eigenvalue weighted by atomic mass is 10.1. The van der Waals surface area contributed by atoms with Crippen molar-refractivity contribution in [2.24, 2.45) is 0 Å². The molecule has 0 amide bonds. The molecule has 114 valence electrons. The van der Waals surface area contributed by atoms with Gasteiger partial charge in [-0.15, -0.1) is 0 Å². The Morgan fingerprint density at radius 2 is 1.90 bits per heavy atom. The maximum Gasteiger partial charge on any atom is 0.131 e. The molecule has 0 unspecified atom stereocenters. The fourth-order valence-corrected chi connectivity index (χ4v) is 2.83. The van der Waals surface area contributed by atoms with Gasteiger partial charge in [0.1, 0.15) is 11.6 Å². The van der Waals surface area contributed by atoms with Crippen LogP contribution >= 0.6 is 0 Å². The van der Waals surface area contributed by atoms with Gasteiger partial charge < -0.3 is 10.2 Å².